The van der Waals surface area contributed by atoms with E-state index in [-0.39, 0.29) is 11.9 Å². The average molecular weight is 387 g/mol. The van der Waals surface area contributed by atoms with Gasteiger partial charge >= 0.3 is 5.97 Å². The molecule has 1 amide bonds. The van der Waals surface area contributed by atoms with Gasteiger partial charge in [0.15, 0.2) is 0 Å². The van der Waals surface area contributed by atoms with Crippen LogP contribution >= 0.6 is 0 Å². The van der Waals surface area contributed by atoms with E-state index in [4.69, 9.17) is 9.47 Å². The molecule has 29 heavy (non-hydrogen) atoms. The predicted molar refractivity (Wildman–Crippen MR) is 110 cm³/mol. The summed E-state index contributed by atoms with van der Waals surface area (Å²) in [5.41, 5.74) is 3.94. The van der Waals surface area contributed by atoms with Crippen LogP contribution in [0, 0.1) is 0 Å². The smallest absolute Gasteiger partial charge is 0.337 e. The Morgan fingerprint density at radius 1 is 0.931 bits per heavy atom. The summed E-state index contributed by atoms with van der Waals surface area (Å²) >= 11 is 0. The number of ether oxygens (including phenoxy) is 2. The molecule has 0 aliphatic carbocycles. The van der Waals surface area contributed by atoms with Crippen LogP contribution in [-0.2, 0) is 17.8 Å². The summed E-state index contributed by atoms with van der Waals surface area (Å²) in [6, 6.07) is 22.4. The molecule has 3 aromatic carbocycles. The van der Waals surface area contributed by atoms with Gasteiger partial charge < -0.3 is 14.4 Å². The second kappa shape index (κ2) is 8.19. The minimum atomic E-state index is -0.374. The number of esters is 1. The zero-order valence-electron chi connectivity index (χ0n) is 16.1. The summed E-state index contributed by atoms with van der Waals surface area (Å²) in [4.78, 5) is 26.6. The Bertz CT molecular complexity index is 1050. The largest absolute Gasteiger partial charge is 0.489 e. The van der Waals surface area contributed by atoms with Crippen LogP contribution < -0.4 is 9.64 Å². The van der Waals surface area contributed by atoms with E-state index in [1.807, 2.05) is 48.5 Å². The second-order valence-electron chi connectivity index (χ2n) is 6.84. The van der Waals surface area contributed by atoms with E-state index in [0.717, 1.165) is 16.8 Å². The highest BCUT2D eigenvalue weighted by molar-refractivity contribution is 6.07. The van der Waals surface area contributed by atoms with Crippen LogP contribution in [0.1, 0.15) is 31.8 Å². The molecule has 0 saturated carbocycles. The molecule has 4 rings (SSSR count). The summed E-state index contributed by atoms with van der Waals surface area (Å²) < 4.78 is 10.6. The van der Waals surface area contributed by atoms with Crippen LogP contribution in [0.3, 0.4) is 0 Å². The number of nitrogens with zero attached hydrogens (tertiary/aromatic N) is 1. The Morgan fingerprint density at radius 2 is 1.76 bits per heavy atom. The third kappa shape index (κ3) is 3.99. The maximum atomic E-state index is 13.1. The number of rotatable bonds is 5. The highest BCUT2D eigenvalue weighted by atomic mass is 16.5. The minimum Gasteiger partial charge on any atom is -0.489 e. The summed E-state index contributed by atoms with van der Waals surface area (Å²) in [6.07, 6.45) is 0.704. The number of benzene rings is 3. The van der Waals surface area contributed by atoms with E-state index in [2.05, 4.69) is 0 Å². The van der Waals surface area contributed by atoms with Crippen LogP contribution in [0.4, 0.5) is 5.69 Å². The molecule has 1 aliphatic heterocycles. The van der Waals surface area contributed by atoms with Gasteiger partial charge in [-0.3, -0.25) is 4.79 Å². The van der Waals surface area contributed by atoms with Gasteiger partial charge in [-0.25, -0.2) is 4.79 Å². The number of methoxy groups -OCH3 is 1. The van der Waals surface area contributed by atoms with Gasteiger partial charge in [-0.05, 0) is 53.9 Å². The third-order valence-electron chi connectivity index (χ3n) is 4.97. The molecule has 0 bridgehead atoms. The maximum Gasteiger partial charge on any atom is 0.337 e. The molecule has 146 valence electrons. The number of anilines is 1. The van der Waals surface area contributed by atoms with Crippen molar-refractivity contribution < 1.29 is 19.1 Å². The first-order chi connectivity index (χ1) is 14.2. The van der Waals surface area contributed by atoms with Crippen molar-refractivity contribution in [1.29, 1.82) is 0 Å². The Labute approximate surface area is 169 Å². The lowest BCUT2D eigenvalue weighted by atomic mass is 10.1. The normalized spacial score (nSPS) is 12.4. The zero-order valence-corrected chi connectivity index (χ0v) is 16.1. The van der Waals surface area contributed by atoms with E-state index in [0.29, 0.717) is 36.4 Å². The van der Waals surface area contributed by atoms with E-state index in [1.54, 1.807) is 29.2 Å². The molecular weight excluding hydrogens is 366 g/mol. The number of carbonyl (C=O) groups is 2. The number of amides is 1. The first kappa shape index (κ1) is 18.7. The lowest BCUT2D eigenvalue weighted by Crippen LogP contribution is -2.28. The van der Waals surface area contributed by atoms with Gasteiger partial charge in [0, 0.05) is 17.8 Å². The van der Waals surface area contributed by atoms with Crippen LogP contribution in [0.2, 0.25) is 0 Å². The Hall–Kier alpha value is -3.60. The predicted octanol–water partition coefficient (Wildman–Crippen LogP) is 4.26. The van der Waals surface area contributed by atoms with Crippen molar-refractivity contribution in [3.05, 3.63) is 95.1 Å². The standard InChI is InChI=1S/C24H21NO4/c1-28-24(27)20-10-11-22-18(14-20)12-13-25(22)23(26)19-8-5-9-21(15-19)29-16-17-6-3-2-4-7-17/h2-11,14-15H,12-13,16H2,1H3. The molecule has 1 aliphatic rings. The van der Waals surface area contributed by atoms with Gasteiger partial charge in [0.2, 0.25) is 0 Å². The summed E-state index contributed by atoms with van der Waals surface area (Å²) in [7, 11) is 1.36. The van der Waals surface area contributed by atoms with Crippen LogP contribution in [0.5, 0.6) is 5.75 Å². The Balaban J connectivity index is 1.50. The number of hydrogen-bond donors (Lipinski definition) is 0. The fraction of sp³-hybridized carbons (Fsp3) is 0.167. The van der Waals surface area contributed by atoms with Crippen molar-refractivity contribution in [1.82, 2.24) is 0 Å². The third-order valence-corrected chi connectivity index (χ3v) is 4.97. The van der Waals surface area contributed by atoms with Crippen molar-refractivity contribution >= 4 is 17.6 Å². The molecule has 0 spiro atoms. The molecule has 0 radical (unpaired) electrons. The van der Waals surface area contributed by atoms with Crippen molar-refractivity contribution in [3.63, 3.8) is 0 Å². The second-order valence-corrected chi connectivity index (χ2v) is 6.84. The molecule has 0 N–H and O–H groups in total. The molecule has 0 aromatic heterocycles. The Kier molecular flexibility index (Phi) is 5.29. The topological polar surface area (TPSA) is 55.8 Å². The fourth-order valence-electron chi connectivity index (χ4n) is 3.47. The summed E-state index contributed by atoms with van der Waals surface area (Å²) in [6.45, 7) is 1.02. The van der Waals surface area contributed by atoms with Gasteiger partial charge in [0.25, 0.3) is 5.91 Å². The molecule has 0 fully saturated rings. The van der Waals surface area contributed by atoms with E-state index in [1.165, 1.54) is 7.11 Å². The summed E-state index contributed by atoms with van der Waals surface area (Å²) in [5, 5.41) is 0. The molecule has 5 nitrogen and oxygen atoms in total. The highest BCUT2D eigenvalue weighted by Crippen LogP contribution is 2.31. The minimum absolute atomic E-state index is 0.0836. The molecule has 0 unspecified atom stereocenters. The van der Waals surface area contributed by atoms with Crippen LogP contribution in [-0.4, -0.2) is 25.5 Å². The van der Waals surface area contributed by atoms with Gasteiger partial charge in [-0.2, -0.15) is 0 Å². The van der Waals surface area contributed by atoms with Gasteiger partial charge in [0.1, 0.15) is 12.4 Å². The van der Waals surface area contributed by atoms with Crippen molar-refractivity contribution in [3.8, 4) is 5.75 Å². The zero-order chi connectivity index (χ0) is 20.2. The lowest BCUT2D eigenvalue weighted by molar-refractivity contribution is 0.0600. The summed E-state index contributed by atoms with van der Waals surface area (Å²) in [5.74, 6) is 0.195. The Morgan fingerprint density at radius 3 is 2.55 bits per heavy atom. The maximum absolute atomic E-state index is 13.1. The molecule has 0 saturated heterocycles. The molecule has 5 heteroatoms. The number of fused-ring (bicyclic) bond motifs is 1. The van der Waals surface area contributed by atoms with E-state index in [9.17, 15) is 9.59 Å². The first-order valence-corrected chi connectivity index (χ1v) is 9.45. The molecular formula is C24H21NO4. The van der Waals surface area contributed by atoms with Gasteiger partial charge in [-0.1, -0.05) is 36.4 Å². The van der Waals surface area contributed by atoms with Crippen molar-refractivity contribution in [2.24, 2.45) is 0 Å². The number of carbonyl (C=O) groups excluding carboxylic acids is 2. The molecule has 1 heterocycles. The highest BCUT2D eigenvalue weighted by Gasteiger charge is 2.26. The van der Waals surface area contributed by atoms with E-state index < -0.39 is 0 Å². The van der Waals surface area contributed by atoms with Crippen LogP contribution in [0.25, 0.3) is 0 Å². The fourth-order valence-corrected chi connectivity index (χ4v) is 3.47. The quantitative estimate of drug-likeness (QED) is 0.614. The van der Waals surface area contributed by atoms with Crippen LogP contribution in [0.15, 0.2) is 72.8 Å². The van der Waals surface area contributed by atoms with Gasteiger partial charge in [-0.15, -0.1) is 0 Å². The van der Waals surface area contributed by atoms with Crippen molar-refractivity contribution in [2.45, 2.75) is 13.0 Å². The van der Waals surface area contributed by atoms with Gasteiger partial charge in [0.05, 0.1) is 12.7 Å². The SMILES string of the molecule is COC(=O)c1ccc2c(c1)CCN2C(=O)c1cccc(OCc2ccccc2)c1. The number of hydrogen-bond acceptors (Lipinski definition) is 4. The lowest BCUT2D eigenvalue weighted by Gasteiger charge is -2.18. The van der Waals surface area contributed by atoms with Crippen molar-refractivity contribution in [2.75, 3.05) is 18.6 Å². The first-order valence-electron chi connectivity index (χ1n) is 9.45. The van der Waals surface area contributed by atoms with E-state index >= 15 is 0 Å². The molecule has 3 aromatic rings. The monoisotopic (exact) mass is 387 g/mol. The molecule has 0 atom stereocenters. The average Bonchev–Trinajstić information content (AvgIpc) is 3.20.